The lowest BCUT2D eigenvalue weighted by molar-refractivity contribution is -0.137. The molecule has 0 bridgehead atoms. The summed E-state index contributed by atoms with van der Waals surface area (Å²) in [7, 11) is 0. The number of alkyl halides is 3. The number of benzene rings is 2. The number of hydrogen-bond acceptors (Lipinski definition) is 2. The van der Waals surface area contributed by atoms with Gasteiger partial charge in [0.25, 0.3) is 0 Å². The monoisotopic (exact) mass is 392 g/mol. The van der Waals surface area contributed by atoms with Crippen molar-refractivity contribution in [1.29, 1.82) is 0 Å². The second-order valence-corrected chi connectivity index (χ2v) is 5.99. The van der Waals surface area contributed by atoms with Crippen LogP contribution in [0.2, 0.25) is 0 Å². The van der Waals surface area contributed by atoms with Gasteiger partial charge in [-0.3, -0.25) is 4.79 Å². The number of pyridine rings is 1. The van der Waals surface area contributed by atoms with Crippen LogP contribution < -0.4 is 5.32 Å². The van der Waals surface area contributed by atoms with Gasteiger partial charge in [-0.15, -0.1) is 0 Å². The fourth-order valence-corrected chi connectivity index (χ4v) is 2.42. The van der Waals surface area contributed by atoms with E-state index in [4.69, 9.17) is 0 Å². The standard InChI is InChI=1S/C23H15F3N2O/c24-23(25,26)19-7-3-5-17(15-19)11-13-22(29)28-21-9-4-6-18(16-21)10-12-20-8-1-2-14-27-20/h1-9,11,13-16H,(H,28,29). The van der Waals surface area contributed by atoms with Crippen molar-refractivity contribution in [3.05, 3.63) is 101 Å². The van der Waals surface area contributed by atoms with Gasteiger partial charge in [0.05, 0.1) is 5.56 Å². The third kappa shape index (κ3) is 6.08. The van der Waals surface area contributed by atoms with Crippen molar-refractivity contribution < 1.29 is 18.0 Å². The first-order chi connectivity index (χ1) is 13.9. The number of aromatic nitrogens is 1. The average molecular weight is 392 g/mol. The van der Waals surface area contributed by atoms with Crippen LogP contribution in [-0.4, -0.2) is 10.9 Å². The molecule has 0 fully saturated rings. The quantitative estimate of drug-likeness (QED) is 0.495. The Kier molecular flexibility index (Phi) is 6.10. The number of anilines is 1. The van der Waals surface area contributed by atoms with E-state index in [1.54, 1.807) is 42.6 Å². The molecule has 3 rings (SSSR count). The molecule has 0 atom stereocenters. The number of carbonyl (C=O) groups excluding carboxylic acids is 1. The van der Waals surface area contributed by atoms with E-state index in [0.717, 1.165) is 12.1 Å². The number of rotatable bonds is 3. The summed E-state index contributed by atoms with van der Waals surface area (Å²) >= 11 is 0. The van der Waals surface area contributed by atoms with Gasteiger partial charge in [-0.1, -0.05) is 30.2 Å². The van der Waals surface area contributed by atoms with Crippen LogP contribution in [0, 0.1) is 11.8 Å². The largest absolute Gasteiger partial charge is 0.416 e. The molecule has 1 amide bonds. The van der Waals surface area contributed by atoms with Crippen LogP contribution in [0.5, 0.6) is 0 Å². The molecule has 1 heterocycles. The van der Waals surface area contributed by atoms with E-state index in [-0.39, 0.29) is 5.56 Å². The molecule has 0 saturated carbocycles. The highest BCUT2D eigenvalue weighted by Gasteiger charge is 2.30. The van der Waals surface area contributed by atoms with E-state index >= 15 is 0 Å². The molecule has 144 valence electrons. The zero-order valence-corrected chi connectivity index (χ0v) is 15.1. The SMILES string of the molecule is O=C(C=Cc1cccc(C(F)(F)F)c1)Nc1cccc(C#Cc2ccccn2)c1. The second kappa shape index (κ2) is 8.89. The zero-order chi connectivity index (χ0) is 20.7. The van der Waals surface area contributed by atoms with Crippen molar-refractivity contribution in [3.63, 3.8) is 0 Å². The van der Waals surface area contributed by atoms with Gasteiger partial charge in [0, 0.05) is 23.5 Å². The van der Waals surface area contributed by atoms with Gasteiger partial charge in [-0.2, -0.15) is 13.2 Å². The summed E-state index contributed by atoms with van der Waals surface area (Å²) in [4.78, 5) is 16.2. The van der Waals surface area contributed by atoms with Gasteiger partial charge in [0.2, 0.25) is 5.91 Å². The number of nitrogens with one attached hydrogen (secondary N) is 1. The lowest BCUT2D eigenvalue weighted by Crippen LogP contribution is -2.08. The number of amides is 1. The first-order valence-electron chi connectivity index (χ1n) is 8.59. The molecule has 0 aliphatic heterocycles. The fourth-order valence-electron chi connectivity index (χ4n) is 2.42. The molecule has 0 saturated heterocycles. The summed E-state index contributed by atoms with van der Waals surface area (Å²) in [6, 6.07) is 17.1. The molecular formula is C23H15F3N2O. The summed E-state index contributed by atoms with van der Waals surface area (Å²) in [5, 5.41) is 2.66. The molecule has 3 nitrogen and oxygen atoms in total. The van der Waals surface area contributed by atoms with Crippen molar-refractivity contribution in [2.75, 3.05) is 5.32 Å². The Labute approximate surface area is 165 Å². The Balaban J connectivity index is 1.67. The van der Waals surface area contributed by atoms with E-state index < -0.39 is 17.6 Å². The summed E-state index contributed by atoms with van der Waals surface area (Å²) < 4.78 is 38.2. The third-order valence-electron chi connectivity index (χ3n) is 3.77. The average Bonchev–Trinajstić information content (AvgIpc) is 2.71. The van der Waals surface area contributed by atoms with Crippen LogP contribution in [0.4, 0.5) is 18.9 Å². The Morgan fingerprint density at radius 2 is 1.79 bits per heavy atom. The van der Waals surface area contributed by atoms with Crippen LogP contribution in [0.3, 0.4) is 0 Å². The van der Waals surface area contributed by atoms with Crippen LogP contribution in [-0.2, 0) is 11.0 Å². The van der Waals surface area contributed by atoms with Crippen molar-refractivity contribution in [3.8, 4) is 11.8 Å². The highest BCUT2D eigenvalue weighted by molar-refractivity contribution is 6.02. The lowest BCUT2D eigenvalue weighted by atomic mass is 10.1. The van der Waals surface area contributed by atoms with Gasteiger partial charge in [0.1, 0.15) is 5.69 Å². The normalized spacial score (nSPS) is 11.0. The maximum absolute atomic E-state index is 12.7. The Bertz CT molecular complexity index is 1090. The van der Waals surface area contributed by atoms with Gasteiger partial charge in [0.15, 0.2) is 0 Å². The minimum absolute atomic E-state index is 0.282. The molecule has 2 aromatic carbocycles. The van der Waals surface area contributed by atoms with E-state index in [1.807, 2.05) is 6.07 Å². The van der Waals surface area contributed by atoms with Crippen LogP contribution in [0.25, 0.3) is 6.08 Å². The van der Waals surface area contributed by atoms with Crippen molar-refractivity contribution in [2.24, 2.45) is 0 Å². The van der Waals surface area contributed by atoms with Crippen molar-refractivity contribution >= 4 is 17.7 Å². The van der Waals surface area contributed by atoms with Gasteiger partial charge in [-0.25, -0.2) is 4.98 Å². The van der Waals surface area contributed by atoms with E-state index in [9.17, 15) is 18.0 Å². The highest BCUT2D eigenvalue weighted by Crippen LogP contribution is 2.29. The maximum atomic E-state index is 12.7. The molecule has 1 aromatic heterocycles. The van der Waals surface area contributed by atoms with E-state index in [2.05, 4.69) is 22.1 Å². The number of carbonyl (C=O) groups is 1. The molecule has 1 N–H and O–H groups in total. The molecule has 29 heavy (non-hydrogen) atoms. The Hall–Kier alpha value is -3.85. The molecular weight excluding hydrogens is 377 g/mol. The minimum Gasteiger partial charge on any atom is -0.322 e. The fraction of sp³-hybridized carbons (Fsp3) is 0.0435. The molecule has 6 heteroatoms. The van der Waals surface area contributed by atoms with Gasteiger partial charge >= 0.3 is 6.18 Å². The molecule has 3 aromatic rings. The summed E-state index contributed by atoms with van der Waals surface area (Å²) in [6.07, 6.45) is -0.267. The van der Waals surface area contributed by atoms with Crippen LogP contribution >= 0.6 is 0 Å². The van der Waals surface area contributed by atoms with Crippen molar-refractivity contribution in [1.82, 2.24) is 4.98 Å². The number of halogens is 3. The zero-order valence-electron chi connectivity index (χ0n) is 15.1. The molecule has 0 aliphatic rings. The van der Waals surface area contributed by atoms with E-state index in [0.29, 0.717) is 16.9 Å². The Morgan fingerprint density at radius 3 is 2.55 bits per heavy atom. The van der Waals surface area contributed by atoms with Crippen LogP contribution in [0.1, 0.15) is 22.4 Å². The van der Waals surface area contributed by atoms with E-state index in [1.165, 1.54) is 24.3 Å². The molecule has 0 radical (unpaired) electrons. The smallest absolute Gasteiger partial charge is 0.322 e. The predicted octanol–water partition coefficient (Wildman–Crippen LogP) is 5.15. The molecule has 0 unspecified atom stereocenters. The van der Waals surface area contributed by atoms with Gasteiger partial charge in [-0.05, 0) is 60.0 Å². The first kappa shape index (κ1) is 19.9. The predicted molar refractivity (Wildman–Crippen MR) is 106 cm³/mol. The van der Waals surface area contributed by atoms with Gasteiger partial charge < -0.3 is 5.32 Å². The summed E-state index contributed by atoms with van der Waals surface area (Å²) in [6.45, 7) is 0. The van der Waals surface area contributed by atoms with Crippen molar-refractivity contribution in [2.45, 2.75) is 6.18 Å². The Morgan fingerprint density at radius 1 is 0.966 bits per heavy atom. The molecule has 0 spiro atoms. The highest BCUT2D eigenvalue weighted by atomic mass is 19.4. The lowest BCUT2D eigenvalue weighted by Gasteiger charge is -2.06. The summed E-state index contributed by atoms with van der Waals surface area (Å²) in [5.74, 6) is 5.43. The number of nitrogens with zero attached hydrogens (tertiary/aromatic N) is 1. The third-order valence-corrected chi connectivity index (χ3v) is 3.77. The minimum atomic E-state index is -4.43. The summed E-state index contributed by atoms with van der Waals surface area (Å²) in [5.41, 5.74) is 1.36. The second-order valence-electron chi connectivity index (χ2n) is 5.99. The topological polar surface area (TPSA) is 42.0 Å². The molecule has 0 aliphatic carbocycles. The first-order valence-corrected chi connectivity index (χ1v) is 8.59. The van der Waals surface area contributed by atoms with Crippen LogP contribution in [0.15, 0.2) is 79.0 Å². The maximum Gasteiger partial charge on any atom is 0.416 e. The number of hydrogen-bond donors (Lipinski definition) is 1.